The summed E-state index contributed by atoms with van der Waals surface area (Å²) in [6.45, 7) is 2.05. The van der Waals surface area contributed by atoms with Gasteiger partial charge in [-0.15, -0.1) is 0 Å². The number of ether oxygens (including phenoxy) is 3. The van der Waals surface area contributed by atoms with Gasteiger partial charge in [0.2, 0.25) is 5.91 Å². The average molecular weight is 488 g/mol. The number of aryl methyl sites for hydroxylation is 1. The van der Waals surface area contributed by atoms with E-state index in [1.54, 1.807) is 30.1 Å². The molecule has 34 heavy (non-hydrogen) atoms. The van der Waals surface area contributed by atoms with E-state index in [-0.39, 0.29) is 28.5 Å². The van der Waals surface area contributed by atoms with Gasteiger partial charge in [0.05, 0.1) is 33.2 Å². The van der Waals surface area contributed by atoms with Crippen molar-refractivity contribution in [2.75, 3.05) is 46.3 Å². The Labute approximate surface area is 199 Å². The number of rotatable bonds is 6. The van der Waals surface area contributed by atoms with Crippen molar-refractivity contribution in [3.63, 3.8) is 0 Å². The van der Waals surface area contributed by atoms with Gasteiger partial charge in [-0.3, -0.25) is 18.7 Å². The molecule has 0 radical (unpaired) electrons. The van der Waals surface area contributed by atoms with Crippen molar-refractivity contribution >= 4 is 28.7 Å². The van der Waals surface area contributed by atoms with Crippen molar-refractivity contribution in [3.05, 3.63) is 39.0 Å². The Morgan fingerprint density at radius 3 is 2.44 bits per heavy atom. The van der Waals surface area contributed by atoms with Crippen molar-refractivity contribution in [2.45, 2.75) is 5.03 Å². The molecule has 1 fully saturated rings. The van der Waals surface area contributed by atoms with Crippen LogP contribution in [0, 0.1) is 0 Å². The van der Waals surface area contributed by atoms with Gasteiger partial charge in [0.15, 0.2) is 23.0 Å². The van der Waals surface area contributed by atoms with Gasteiger partial charge in [-0.2, -0.15) is 0 Å². The molecule has 1 aromatic carbocycles. The molecule has 0 aliphatic carbocycles. The Morgan fingerprint density at radius 1 is 1.06 bits per heavy atom. The molecule has 3 aromatic rings. The van der Waals surface area contributed by atoms with Gasteiger partial charge in [0, 0.05) is 32.7 Å². The largest absolute Gasteiger partial charge is 0.493 e. The van der Waals surface area contributed by atoms with Gasteiger partial charge in [0.25, 0.3) is 5.56 Å². The molecule has 0 atom stereocenters. The summed E-state index contributed by atoms with van der Waals surface area (Å²) in [7, 11) is 6.01. The molecule has 1 aliphatic heterocycles. The molecule has 0 bridgehead atoms. The average Bonchev–Trinajstić information content (AvgIpc) is 2.88. The van der Waals surface area contributed by atoms with E-state index in [4.69, 9.17) is 14.2 Å². The van der Waals surface area contributed by atoms with Crippen LogP contribution in [-0.4, -0.2) is 76.2 Å². The fraction of sp³-hybridized carbons (Fsp3) is 0.409. The minimum Gasteiger partial charge on any atom is -0.493 e. The number of aromatic nitrogens is 4. The summed E-state index contributed by atoms with van der Waals surface area (Å²) < 4.78 is 18.3. The van der Waals surface area contributed by atoms with Crippen molar-refractivity contribution in [1.82, 2.24) is 24.0 Å². The number of fused-ring (bicyclic) bond motifs is 1. The Morgan fingerprint density at radius 2 is 1.76 bits per heavy atom. The molecule has 4 rings (SSSR count). The van der Waals surface area contributed by atoms with E-state index in [1.807, 2.05) is 0 Å². The second-order valence-corrected chi connectivity index (χ2v) is 8.57. The number of methoxy groups -OCH3 is 2. The Bertz CT molecular complexity index is 1360. The van der Waals surface area contributed by atoms with Gasteiger partial charge in [0.1, 0.15) is 10.4 Å². The molecule has 1 saturated heterocycles. The van der Waals surface area contributed by atoms with Crippen LogP contribution in [-0.2, 0) is 23.6 Å². The van der Waals surface area contributed by atoms with Crippen LogP contribution in [0.25, 0.3) is 22.4 Å². The first kappa shape index (κ1) is 23.8. The summed E-state index contributed by atoms with van der Waals surface area (Å²) in [4.78, 5) is 49.2. The summed E-state index contributed by atoms with van der Waals surface area (Å²) in [5.74, 6) is 1.33. The van der Waals surface area contributed by atoms with Crippen LogP contribution in [0.4, 0.5) is 0 Å². The van der Waals surface area contributed by atoms with E-state index in [0.717, 1.165) is 16.3 Å². The lowest BCUT2D eigenvalue weighted by atomic mass is 10.2. The number of carbonyl (C=O) groups is 1. The molecule has 2 aromatic heterocycles. The molecular formula is C22H25N5O6S. The third-order valence-corrected chi connectivity index (χ3v) is 6.56. The van der Waals surface area contributed by atoms with Gasteiger partial charge in [-0.25, -0.2) is 14.8 Å². The van der Waals surface area contributed by atoms with Crippen molar-refractivity contribution in [1.29, 1.82) is 0 Å². The molecule has 1 aliphatic rings. The van der Waals surface area contributed by atoms with Crippen LogP contribution in [0.1, 0.15) is 0 Å². The lowest BCUT2D eigenvalue weighted by Gasteiger charge is -2.26. The zero-order valence-corrected chi connectivity index (χ0v) is 20.2. The van der Waals surface area contributed by atoms with Crippen LogP contribution in [0.15, 0.2) is 32.8 Å². The topological polar surface area (TPSA) is 118 Å². The van der Waals surface area contributed by atoms with Crippen LogP contribution in [0.5, 0.6) is 11.5 Å². The van der Waals surface area contributed by atoms with Crippen molar-refractivity contribution < 1.29 is 19.0 Å². The van der Waals surface area contributed by atoms with E-state index >= 15 is 0 Å². The third-order valence-electron chi connectivity index (χ3n) is 5.60. The predicted molar refractivity (Wildman–Crippen MR) is 127 cm³/mol. The van der Waals surface area contributed by atoms with Crippen LogP contribution < -0.4 is 20.7 Å². The molecule has 1 amide bonds. The molecule has 0 N–H and O–H groups in total. The zero-order chi connectivity index (χ0) is 24.4. The summed E-state index contributed by atoms with van der Waals surface area (Å²) in [6.07, 6.45) is 0. The van der Waals surface area contributed by atoms with E-state index < -0.39 is 11.2 Å². The van der Waals surface area contributed by atoms with Gasteiger partial charge < -0.3 is 19.1 Å². The quantitative estimate of drug-likeness (QED) is 0.365. The Kier molecular flexibility index (Phi) is 6.89. The Balaban J connectivity index is 1.83. The molecule has 12 heteroatoms. The monoisotopic (exact) mass is 487 g/mol. The fourth-order valence-corrected chi connectivity index (χ4v) is 4.59. The van der Waals surface area contributed by atoms with E-state index in [9.17, 15) is 14.4 Å². The second-order valence-electron chi connectivity index (χ2n) is 7.61. The smallest absolute Gasteiger partial charge is 0.332 e. The number of benzene rings is 1. The fourth-order valence-electron chi connectivity index (χ4n) is 3.67. The molecule has 180 valence electrons. The zero-order valence-electron chi connectivity index (χ0n) is 19.4. The molecule has 0 saturated carbocycles. The van der Waals surface area contributed by atoms with E-state index in [2.05, 4.69) is 9.97 Å². The highest BCUT2D eigenvalue weighted by Gasteiger charge is 2.22. The third kappa shape index (κ3) is 4.38. The standard InChI is InChI=1S/C22H25N5O6S/c1-25-19-17(21(29)26(2)22(25)30)20(34-12-16(28)27-7-9-33-10-8-27)24-18(23-19)13-5-6-14(31-3)15(11-13)32-4/h5-6,11H,7-10,12H2,1-4H3. The van der Waals surface area contributed by atoms with Crippen molar-refractivity contribution in [2.24, 2.45) is 14.1 Å². The number of thioether (sulfide) groups is 1. The number of carbonyl (C=O) groups excluding carboxylic acids is 1. The van der Waals surface area contributed by atoms with Gasteiger partial charge in [-0.05, 0) is 18.2 Å². The number of hydrogen-bond acceptors (Lipinski definition) is 9. The summed E-state index contributed by atoms with van der Waals surface area (Å²) in [6, 6.07) is 5.20. The number of amides is 1. The van der Waals surface area contributed by atoms with Crippen LogP contribution in [0.2, 0.25) is 0 Å². The first-order valence-electron chi connectivity index (χ1n) is 10.5. The molecule has 0 spiro atoms. The van der Waals surface area contributed by atoms with E-state index in [1.165, 1.54) is 25.8 Å². The van der Waals surface area contributed by atoms with Gasteiger partial charge >= 0.3 is 5.69 Å². The van der Waals surface area contributed by atoms with Crippen LogP contribution >= 0.6 is 11.8 Å². The first-order valence-corrected chi connectivity index (χ1v) is 11.5. The highest BCUT2D eigenvalue weighted by Crippen LogP contribution is 2.33. The normalized spacial score (nSPS) is 13.8. The van der Waals surface area contributed by atoms with Gasteiger partial charge in [-0.1, -0.05) is 11.8 Å². The minimum atomic E-state index is -0.515. The highest BCUT2D eigenvalue weighted by atomic mass is 32.2. The lowest BCUT2D eigenvalue weighted by molar-refractivity contribution is -0.132. The molecule has 3 heterocycles. The molecule has 11 nitrogen and oxygen atoms in total. The number of morpholine rings is 1. The minimum absolute atomic E-state index is 0.0747. The maximum absolute atomic E-state index is 13.0. The maximum Gasteiger partial charge on any atom is 0.332 e. The summed E-state index contributed by atoms with van der Waals surface area (Å²) in [5.41, 5.74) is -0.226. The van der Waals surface area contributed by atoms with E-state index in [0.29, 0.717) is 48.4 Å². The highest BCUT2D eigenvalue weighted by molar-refractivity contribution is 8.00. The number of hydrogen-bond donors (Lipinski definition) is 0. The lowest BCUT2D eigenvalue weighted by Crippen LogP contribution is -2.41. The maximum atomic E-state index is 13.0. The molecule has 0 unspecified atom stereocenters. The Hall–Kier alpha value is -3.38. The van der Waals surface area contributed by atoms with Crippen molar-refractivity contribution in [3.8, 4) is 22.9 Å². The van der Waals surface area contributed by atoms with Crippen LogP contribution in [0.3, 0.4) is 0 Å². The number of nitrogens with zero attached hydrogens (tertiary/aromatic N) is 5. The molecular weight excluding hydrogens is 462 g/mol. The second kappa shape index (κ2) is 9.85. The summed E-state index contributed by atoms with van der Waals surface area (Å²) in [5, 5.41) is 0.515. The summed E-state index contributed by atoms with van der Waals surface area (Å²) >= 11 is 1.15. The SMILES string of the molecule is COc1ccc(-c2nc(SCC(=O)N3CCOCC3)c3c(=O)n(C)c(=O)n(C)c3n2)cc1OC. The first-order chi connectivity index (χ1) is 16.3. The predicted octanol–water partition coefficient (Wildman–Crippen LogP) is 0.662.